The third-order valence-electron chi connectivity index (χ3n) is 3.30. The van der Waals surface area contributed by atoms with Gasteiger partial charge in [0.2, 0.25) is 5.91 Å². The summed E-state index contributed by atoms with van der Waals surface area (Å²) < 4.78 is 0. The Bertz CT molecular complexity index is 343. The highest BCUT2D eigenvalue weighted by molar-refractivity contribution is 5.87. The number of nitrogens with one attached hydrogen (secondary N) is 1. The van der Waals surface area contributed by atoms with Crippen LogP contribution in [0.5, 0.6) is 0 Å². The van der Waals surface area contributed by atoms with E-state index in [-0.39, 0.29) is 0 Å². The van der Waals surface area contributed by atoms with Gasteiger partial charge < -0.3 is 21.1 Å². The molecule has 0 saturated heterocycles. The zero-order valence-electron chi connectivity index (χ0n) is 12.4. The minimum Gasteiger partial charge on any atom is -0.480 e. The van der Waals surface area contributed by atoms with Gasteiger partial charge in [0.15, 0.2) is 0 Å². The Balaban J connectivity index is 4.65. The Morgan fingerprint density at radius 3 is 2.10 bits per heavy atom. The third kappa shape index (κ3) is 6.40. The van der Waals surface area contributed by atoms with Crippen LogP contribution < -0.4 is 11.1 Å². The number of carbonyl (C=O) groups excluding carboxylic acids is 2. The minimum atomic E-state index is -1.28. The maximum absolute atomic E-state index is 12.0. The maximum atomic E-state index is 12.0. The number of primary amides is 1. The van der Waals surface area contributed by atoms with Gasteiger partial charge in [-0.05, 0) is 12.8 Å². The molecule has 20 heavy (non-hydrogen) atoms. The van der Waals surface area contributed by atoms with Crippen molar-refractivity contribution >= 4 is 17.9 Å². The summed E-state index contributed by atoms with van der Waals surface area (Å²) in [7, 11) is 0. The van der Waals surface area contributed by atoms with Crippen LogP contribution in [0.25, 0.3) is 0 Å². The molecule has 0 aliphatic carbocycles. The zero-order valence-corrected chi connectivity index (χ0v) is 12.4. The summed E-state index contributed by atoms with van der Waals surface area (Å²) in [5.41, 5.74) is 4.97. The first-order valence-electron chi connectivity index (χ1n) is 6.92. The van der Waals surface area contributed by atoms with Crippen LogP contribution in [0, 0.1) is 5.92 Å². The lowest BCUT2D eigenvalue weighted by Crippen LogP contribution is -2.50. The molecule has 0 rings (SSSR count). The van der Waals surface area contributed by atoms with E-state index in [0.29, 0.717) is 19.0 Å². The Morgan fingerprint density at radius 1 is 1.20 bits per heavy atom. The number of carboxylic acids is 1. The minimum absolute atomic E-state index is 0.375. The molecule has 7 nitrogen and oxygen atoms in total. The molecule has 0 unspecified atom stereocenters. The van der Waals surface area contributed by atoms with Crippen molar-refractivity contribution in [2.75, 3.05) is 13.1 Å². The van der Waals surface area contributed by atoms with E-state index in [1.807, 2.05) is 20.8 Å². The van der Waals surface area contributed by atoms with Crippen LogP contribution in [-0.2, 0) is 9.59 Å². The van der Waals surface area contributed by atoms with Crippen molar-refractivity contribution in [1.82, 2.24) is 10.2 Å². The maximum Gasteiger partial charge on any atom is 0.326 e. The molecule has 0 saturated carbocycles. The summed E-state index contributed by atoms with van der Waals surface area (Å²) in [4.78, 5) is 35.4. The highest BCUT2D eigenvalue weighted by Gasteiger charge is 2.25. The second-order valence-electron chi connectivity index (χ2n) is 4.73. The van der Waals surface area contributed by atoms with Crippen molar-refractivity contribution in [3.05, 3.63) is 0 Å². The zero-order chi connectivity index (χ0) is 15.7. The predicted molar refractivity (Wildman–Crippen MR) is 75.1 cm³/mol. The van der Waals surface area contributed by atoms with Crippen molar-refractivity contribution in [3.63, 3.8) is 0 Å². The van der Waals surface area contributed by atoms with Crippen LogP contribution in [-0.4, -0.2) is 47.0 Å². The molecule has 0 aromatic rings. The first-order valence-corrected chi connectivity index (χ1v) is 6.92. The van der Waals surface area contributed by atoms with Gasteiger partial charge >= 0.3 is 12.0 Å². The van der Waals surface area contributed by atoms with Crippen LogP contribution in [0.15, 0.2) is 0 Å². The lowest BCUT2D eigenvalue weighted by atomic mass is 10.0. The van der Waals surface area contributed by atoms with Crippen molar-refractivity contribution in [2.24, 2.45) is 11.7 Å². The number of aliphatic carboxylic acids is 1. The van der Waals surface area contributed by atoms with Gasteiger partial charge in [0.05, 0.1) is 6.42 Å². The number of hydrogen-bond donors (Lipinski definition) is 3. The van der Waals surface area contributed by atoms with E-state index in [1.165, 1.54) is 0 Å². The number of carbonyl (C=O) groups is 3. The molecular formula is C13H25N3O4. The summed E-state index contributed by atoms with van der Waals surface area (Å²) in [5, 5.41) is 11.3. The van der Waals surface area contributed by atoms with Gasteiger partial charge in [-0.3, -0.25) is 4.79 Å². The fraction of sp³-hybridized carbons (Fsp3) is 0.769. The average Bonchev–Trinajstić information content (AvgIpc) is 2.38. The van der Waals surface area contributed by atoms with Crippen molar-refractivity contribution in [3.8, 4) is 0 Å². The Hall–Kier alpha value is -1.79. The molecule has 0 aliphatic rings. The molecule has 7 heteroatoms. The highest BCUT2D eigenvalue weighted by Crippen LogP contribution is 2.10. The van der Waals surface area contributed by atoms with Crippen LogP contribution in [0.4, 0.5) is 4.79 Å². The summed E-state index contributed by atoms with van der Waals surface area (Å²) in [6.45, 7) is 6.97. The number of carboxylic acid groups (broad SMARTS) is 1. The number of urea groups is 1. The van der Waals surface area contributed by atoms with E-state index < -0.39 is 30.4 Å². The van der Waals surface area contributed by atoms with Crippen molar-refractivity contribution < 1.29 is 19.5 Å². The smallest absolute Gasteiger partial charge is 0.326 e. The summed E-state index contributed by atoms with van der Waals surface area (Å²) >= 11 is 0. The van der Waals surface area contributed by atoms with Gasteiger partial charge in [0.25, 0.3) is 0 Å². The predicted octanol–water partition coefficient (Wildman–Crippen LogP) is 0.783. The van der Waals surface area contributed by atoms with E-state index >= 15 is 0 Å². The summed E-state index contributed by atoms with van der Waals surface area (Å²) in [6, 6.07) is -1.76. The van der Waals surface area contributed by atoms with Crippen LogP contribution in [0.2, 0.25) is 0 Å². The van der Waals surface area contributed by atoms with Crippen molar-refractivity contribution in [2.45, 2.75) is 46.1 Å². The largest absolute Gasteiger partial charge is 0.480 e. The fourth-order valence-electron chi connectivity index (χ4n) is 1.86. The monoisotopic (exact) mass is 287 g/mol. The fourth-order valence-corrected chi connectivity index (χ4v) is 1.86. The van der Waals surface area contributed by atoms with Gasteiger partial charge in [0.1, 0.15) is 6.04 Å². The molecule has 3 amide bonds. The molecule has 1 atom stereocenters. The quantitative estimate of drug-likeness (QED) is 0.581. The van der Waals surface area contributed by atoms with E-state index in [0.717, 1.165) is 12.8 Å². The Kier molecular flexibility index (Phi) is 8.35. The number of amides is 3. The first kappa shape index (κ1) is 18.2. The van der Waals surface area contributed by atoms with Crippen LogP contribution in [0.1, 0.15) is 40.0 Å². The van der Waals surface area contributed by atoms with Gasteiger partial charge in [0, 0.05) is 13.1 Å². The number of nitrogens with zero attached hydrogens (tertiary/aromatic N) is 1. The molecule has 0 radical (unpaired) electrons. The molecule has 0 aliphatic heterocycles. The van der Waals surface area contributed by atoms with E-state index in [2.05, 4.69) is 5.32 Å². The summed E-state index contributed by atoms with van der Waals surface area (Å²) in [6.07, 6.45) is 1.48. The normalized spacial score (nSPS) is 12.0. The molecule has 0 heterocycles. The molecule has 4 N–H and O–H groups in total. The SMILES string of the molecule is CCC(CC)CN(CC)C(=O)N[C@H](CC(N)=O)C(=O)O. The van der Waals surface area contributed by atoms with E-state index in [4.69, 9.17) is 10.8 Å². The Morgan fingerprint density at radius 2 is 1.75 bits per heavy atom. The lowest BCUT2D eigenvalue weighted by molar-refractivity contribution is -0.140. The molecule has 0 spiro atoms. The molecule has 0 bridgehead atoms. The topological polar surface area (TPSA) is 113 Å². The number of hydrogen-bond acceptors (Lipinski definition) is 3. The van der Waals surface area contributed by atoms with Gasteiger partial charge in [-0.15, -0.1) is 0 Å². The van der Waals surface area contributed by atoms with Gasteiger partial charge in [-0.2, -0.15) is 0 Å². The van der Waals surface area contributed by atoms with E-state index in [9.17, 15) is 14.4 Å². The number of nitrogens with two attached hydrogens (primary N) is 1. The van der Waals surface area contributed by atoms with Crippen LogP contribution in [0.3, 0.4) is 0 Å². The molecule has 0 fully saturated rings. The molecule has 116 valence electrons. The second-order valence-corrected chi connectivity index (χ2v) is 4.73. The Labute approximate surface area is 119 Å². The first-order chi connectivity index (χ1) is 9.35. The highest BCUT2D eigenvalue weighted by atomic mass is 16.4. The third-order valence-corrected chi connectivity index (χ3v) is 3.30. The standard InChI is InChI=1S/C13H25N3O4/c1-4-9(5-2)8-16(6-3)13(20)15-10(12(18)19)7-11(14)17/h9-10H,4-8H2,1-3H3,(H2,14,17)(H,15,20)(H,18,19)/t10-/m1/s1. The van der Waals surface area contributed by atoms with Crippen molar-refractivity contribution in [1.29, 1.82) is 0 Å². The van der Waals surface area contributed by atoms with Crippen LogP contribution >= 0.6 is 0 Å². The molecule has 0 aromatic carbocycles. The molecule has 0 aromatic heterocycles. The number of rotatable bonds is 9. The van der Waals surface area contributed by atoms with Gasteiger partial charge in [-0.1, -0.05) is 26.7 Å². The average molecular weight is 287 g/mol. The summed E-state index contributed by atoms with van der Waals surface area (Å²) in [5.74, 6) is -1.66. The second kappa shape index (κ2) is 9.17. The lowest BCUT2D eigenvalue weighted by Gasteiger charge is -2.27. The van der Waals surface area contributed by atoms with Gasteiger partial charge in [-0.25, -0.2) is 9.59 Å². The van der Waals surface area contributed by atoms with E-state index in [1.54, 1.807) is 4.90 Å². The molecular weight excluding hydrogens is 262 g/mol.